The van der Waals surface area contributed by atoms with Gasteiger partial charge in [0.05, 0.1) is 0 Å². The number of rotatable bonds is 2. The fourth-order valence-corrected chi connectivity index (χ4v) is 1.39. The van der Waals surface area contributed by atoms with Crippen molar-refractivity contribution >= 4 is 7.92 Å². The molecule has 0 aromatic rings. The first kappa shape index (κ1) is 8.39. The second kappa shape index (κ2) is 3.42. The van der Waals surface area contributed by atoms with Crippen molar-refractivity contribution in [2.45, 2.75) is 12.7 Å². The molecule has 0 spiro atoms. The van der Waals surface area contributed by atoms with Crippen LogP contribution < -0.4 is 0 Å². The number of hydrogen-bond acceptors (Lipinski definition) is 1. The van der Waals surface area contributed by atoms with E-state index in [2.05, 4.69) is 39.2 Å². The molecule has 1 unspecified atom stereocenters. The molecule has 0 bridgehead atoms. The van der Waals surface area contributed by atoms with Crippen molar-refractivity contribution in [3.05, 3.63) is 0 Å². The topological polar surface area (TPSA) is 3.24 Å². The Balaban J connectivity index is 3.46. The van der Waals surface area contributed by atoms with Crippen LogP contribution in [0.15, 0.2) is 0 Å². The molecule has 0 saturated heterocycles. The quantitative estimate of drug-likeness (QED) is 0.517. The SMILES string of the molecule is CC(N(C)C)P(C)C. The van der Waals surface area contributed by atoms with E-state index in [1.807, 2.05) is 0 Å². The maximum Gasteiger partial charge on any atom is 0.0257 e. The fraction of sp³-hybridized carbons (Fsp3) is 1.00. The van der Waals surface area contributed by atoms with E-state index in [1.54, 1.807) is 0 Å². The van der Waals surface area contributed by atoms with E-state index in [9.17, 15) is 0 Å². The van der Waals surface area contributed by atoms with E-state index in [0.29, 0.717) is 0 Å². The predicted octanol–water partition coefficient (Wildman–Crippen LogP) is 1.64. The lowest BCUT2D eigenvalue weighted by Crippen LogP contribution is -2.21. The first-order valence-electron chi connectivity index (χ1n) is 2.88. The largest absolute Gasteiger partial charge is 0.303 e. The van der Waals surface area contributed by atoms with Gasteiger partial charge >= 0.3 is 0 Å². The zero-order valence-corrected chi connectivity index (χ0v) is 7.37. The Bertz CT molecular complexity index is 53.5. The first-order chi connectivity index (χ1) is 3.55. The molecule has 2 heteroatoms. The van der Waals surface area contributed by atoms with E-state index >= 15 is 0 Å². The minimum Gasteiger partial charge on any atom is -0.303 e. The second-order valence-corrected chi connectivity index (χ2v) is 5.23. The molecule has 0 aliphatic carbocycles. The average molecular weight is 133 g/mol. The van der Waals surface area contributed by atoms with Crippen molar-refractivity contribution < 1.29 is 0 Å². The highest BCUT2D eigenvalue weighted by atomic mass is 31.1. The molecule has 0 radical (unpaired) electrons. The van der Waals surface area contributed by atoms with Crippen LogP contribution in [0, 0.1) is 0 Å². The van der Waals surface area contributed by atoms with E-state index in [4.69, 9.17) is 0 Å². The molecule has 0 fully saturated rings. The molecule has 0 saturated carbocycles. The molecule has 0 amide bonds. The van der Waals surface area contributed by atoms with Gasteiger partial charge in [-0.1, -0.05) is 7.92 Å². The van der Waals surface area contributed by atoms with E-state index in [-0.39, 0.29) is 7.92 Å². The molecule has 0 aliphatic rings. The van der Waals surface area contributed by atoms with Crippen LogP contribution >= 0.6 is 7.92 Å². The van der Waals surface area contributed by atoms with Gasteiger partial charge in [0.15, 0.2) is 0 Å². The third-order valence-electron chi connectivity index (χ3n) is 1.49. The Hall–Kier alpha value is 0.390. The first-order valence-corrected chi connectivity index (χ1v) is 5.19. The van der Waals surface area contributed by atoms with Crippen molar-refractivity contribution in [1.29, 1.82) is 0 Å². The molecule has 50 valence electrons. The molecule has 1 nitrogen and oxygen atoms in total. The smallest absolute Gasteiger partial charge is 0.0257 e. The molecule has 0 N–H and O–H groups in total. The zero-order chi connectivity index (χ0) is 6.73. The summed E-state index contributed by atoms with van der Waals surface area (Å²) in [6.07, 6.45) is 0. The lowest BCUT2D eigenvalue weighted by atomic mass is 10.7. The van der Waals surface area contributed by atoms with E-state index < -0.39 is 0 Å². The molecule has 0 heterocycles. The summed E-state index contributed by atoms with van der Waals surface area (Å²) in [5, 5.41) is 0. The third-order valence-corrected chi connectivity index (χ3v) is 3.45. The Labute approximate surface area is 53.8 Å². The summed E-state index contributed by atoms with van der Waals surface area (Å²) >= 11 is 0. The highest BCUT2D eigenvalue weighted by Crippen LogP contribution is 2.32. The van der Waals surface area contributed by atoms with Crippen LogP contribution in [0.2, 0.25) is 0 Å². The van der Waals surface area contributed by atoms with Crippen LogP contribution in [0.3, 0.4) is 0 Å². The third kappa shape index (κ3) is 2.64. The molecule has 0 aromatic carbocycles. The van der Waals surface area contributed by atoms with Gasteiger partial charge in [-0.05, 0) is 34.3 Å². The van der Waals surface area contributed by atoms with Gasteiger partial charge in [-0.2, -0.15) is 0 Å². The maximum absolute atomic E-state index is 2.31. The molecule has 8 heavy (non-hydrogen) atoms. The van der Waals surface area contributed by atoms with Crippen LogP contribution in [-0.2, 0) is 0 Å². The zero-order valence-electron chi connectivity index (χ0n) is 6.47. The second-order valence-electron chi connectivity index (χ2n) is 2.56. The summed E-state index contributed by atoms with van der Waals surface area (Å²) in [6, 6.07) is 0. The minimum atomic E-state index is 0.225. The van der Waals surface area contributed by atoms with Crippen LogP contribution in [0.4, 0.5) is 0 Å². The van der Waals surface area contributed by atoms with E-state index in [1.165, 1.54) is 0 Å². The highest BCUT2D eigenvalue weighted by molar-refractivity contribution is 7.56. The van der Waals surface area contributed by atoms with Gasteiger partial charge < -0.3 is 4.90 Å². The predicted molar refractivity (Wildman–Crippen MR) is 41.9 cm³/mol. The Morgan fingerprint density at radius 3 is 1.62 bits per heavy atom. The average Bonchev–Trinajstić information content (AvgIpc) is 1.64. The van der Waals surface area contributed by atoms with Gasteiger partial charge in [-0.3, -0.25) is 0 Å². The standard InChI is InChI=1S/C6H16NP/c1-6(7(2)3)8(4)5/h6H,1-5H3. The minimum absolute atomic E-state index is 0.225. The number of nitrogens with zero attached hydrogens (tertiary/aromatic N) is 1. The van der Waals surface area contributed by atoms with Crippen molar-refractivity contribution in [2.24, 2.45) is 0 Å². The molecular formula is C6H16NP. The molecular weight excluding hydrogens is 117 g/mol. The summed E-state index contributed by atoms with van der Waals surface area (Å²) in [5.41, 5.74) is 0. The lowest BCUT2D eigenvalue weighted by Gasteiger charge is -2.23. The van der Waals surface area contributed by atoms with Crippen molar-refractivity contribution in [3.63, 3.8) is 0 Å². The van der Waals surface area contributed by atoms with Gasteiger partial charge in [0.1, 0.15) is 0 Å². The van der Waals surface area contributed by atoms with Gasteiger partial charge in [0.2, 0.25) is 0 Å². The van der Waals surface area contributed by atoms with Gasteiger partial charge in [-0.15, -0.1) is 0 Å². The summed E-state index contributed by atoms with van der Waals surface area (Å²) in [5.74, 6) is 0.769. The maximum atomic E-state index is 2.31. The van der Waals surface area contributed by atoms with Crippen LogP contribution in [0.25, 0.3) is 0 Å². The summed E-state index contributed by atoms with van der Waals surface area (Å²) in [6.45, 7) is 6.88. The fourth-order valence-electron chi connectivity index (χ4n) is 0.462. The summed E-state index contributed by atoms with van der Waals surface area (Å²) < 4.78 is 0. The van der Waals surface area contributed by atoms with Crippen molar-refractivity contribution in [3.8, 4) is 0 Å². The van der Waals surface area contributed by atoms with E-state index in [0.717, 1.165) is 5.78 Å². The van der Waals surface area contributed by atoms with Crippen molar-refractivity contribution in [2.75, 3.05) is 27.4 Å². The molecule has 0 rings (SSSR count). The molecule has 0 aromatic heterocycles. The van der Waals surface area contributed by atoms with Gasteiger partial charge in [0, 0.05) is 5.78 Å². The molecule has 1 atom stereocenters. The Kier molecular flexibility index (Phi) is 3.59. The number of hydrogen-bond donors (Lipinski definition) is 0. The normalized spacial score (nSPS) is 15.4. The summed E-state index contributed by atoms with van der Waals surface area (Å²) in [4.78, 5) is 2.27. The van der Waals surface area contributed by atoms with Crippen molar-refractivity contribution in [1.82, 2.24) is 4.90 Å². The monoisotopic (exact) mass is 133 g/mol. The Morgan fingerprint density at radius 2 is 1.62 bits per heavy atom. The lowest BCUT2D eigenvalue weighted by molar-refractivity contribution is 0.397. The molecule has 0 aliphatic heterocycles. The van der Waals surface area contributed by atoms with Gasteiger partial charge in [-0.25, -0.2) is 0 Å². The van der Waals surface area contributed by atoms with Gasteiger partial charge in [0.25, 0.3) is 0 Å². The summed E-state index contributed by atoms with van der Waals surface area (Å²) in [7, 11) is 4.49. The van der Waals surface area contributed by atoms with Crippen LogP contribution in [0.1, 0.15) is 6.92 Å². The van der Waals surface area contributed by atoms with Crippen LogP contribution in [-0.4, -0.2) is 38.1 Å². The van der Waals surface area contributed by atoms with Crippen LogP contribution in [0.5, 0.6) is 0 Å². The highest BCUT2D eigenvalue weighted by Gasteiger charge is 2.06. The Morgan fingerprint density at radius 1 is 1.25 bits per heavy atom.